The van der Waals surface area contributed by atoms with Crippen LogP contribution in [0.3, 0.4) is 0 Å². The standard InChI is InChI=1S/C25H34N4O4/c1-14(2)19(11-21(31)20-12-26-9-10-27-20)24(32)28-22(15(3)4)25(33)29-13-17-7-6-8-18(17)23(29)16(5)30/h6-7,9-10,12,14-15,17-19,22-23H,8,11,13H2,1-5H3,(H,28,32)/t17-,18-,19-,22-,23?/m0/s1. The number of ketones is 2. The molecule has 0 aromatic carbocycles. The fourth-order valence-corrected chi connectivity index (χ4v) is 4.94. The predicted molar refractivity (Wildman–Crippen MR) is 123 cm³/mol. The highest BCUT2D eigenvalue weighted by Gasteiger charge is 2.48. The third-order valence-corrected chi connectivity index (χ3v) is 6.82. The first-order valence-corrected chi connectivity index (χ1v) is 11.7. The number of rotatable bonds is 9. The van der Waals surface area contributed by atoms with Crippen molar-refractivity contribution in [1.29, 1.82) is 0 Å². The van der Waals surface area contributed by atoms with Crippen LogP contribution in [0.15, 0.2) is 30.7 Å². The summed E-state index contributed by atoms with van der Waals surface area (Å²) < 4.78 is 0. The molecule has 2 amide bonds. The number of carbonyl (C=O) groups is 4. The van der Waals surface area contributed by atoms with Gasteiger partial charge in [0.1, 0.15) is 11.7 Å². The number of Topliss-reactive ketones (excluding diaryl/α,β-unsaturated/α-hetero) is 2. The Balaban J connectivity index is 1.75. The van der Waals surface area contributed by atoms with Crippen LogP contribution in [0.25, 0.3) is 0 Å². The predicted octanol–water partition coefficient (Wildman–Crippen LogP) is 2.45. The molecule has 1 saturated heterocycles. The van der Waals surface area contributed by atoms with E-state index in [-0.39, 0.29) is 59.2 Å². The molecule has 1 N–H and O–H groups in total. The highest BCUT2D eigenvalue weighted by atomic mass is 16.2. The number of hydrogen-bond donors (Lipinski definition) is 1. The lowest BCUT2D eigenvalue weighted by Gasteiger charge is -2.32. The van der Waals surface area contributed by atoms with E-state index in [1.807, 2.05) is 27.7 Å². The Morgan fingerprint density at radius 3 is 2.42 bits per heavy atom. The van der Waals surface area contributed by atoms with Crippen LogP contribution in [0, 0.1) is 29.6 Å². The molecule has 0 bridgehead atoms. The van der Waals surface area contributed by atoms with Crippen molar-refractivity contribution in [2.45, 2.75) is 59.5 Å². The van der Waals surface area contributed by atoms with Crippen LogP contribution in [0.4, 0.5) is 0 Å². The molecule has 1 aliphatic heterocycles. The van der Waals surface area contributed by atoms with Crippen molar-refractivity contribution in [2.75, 3.05) is 6.54 Å². The average molecular weight is 455 g/mol. The fourth-order valence-electron chi connectivity index (χ4n) is 4.94. The molecule has 8 heteroatoms. The van der Waals surface area contributed by atoms with Gasteiger partial charge in [0.05, 0.1) is 12.2 Å². The Kier molecular flexibility index (Phi) is 7.76. The third-order valence-electron chi connectivity index (χ3n) is 6.82. The summed E-state index contributed by atoms with van der Waals surface area (Å²) in [6.07, 6.45) is 9.25. The maximum Gasteiger partial charge on any atom is 0.246 e. The molecule has 1 aromatic heterocycles. The Bertz CT molecular complexity index is 928. The summed E-state index contributed by atoms with van der Waals surface area (Å²) in [6.45, 7) is 9.51. The van der Waals surface area contributed by atoms with Gasteiger partial charge in [0.25, 0.3) is 0 Å². The molecule has 1 fully saturated rings. The van der Waals surface area contributed by atoms with E-state index in [4.69, 9.17) is 0 Å². The first-order chi connectivity index (χ1) is 15.6. The minimum atomic E-state index is -0.768. The van der Waals surface area contributed by atoms with Crippen LogP contribution in [0.2, 0.25) is 0 Å². The lowest BCUT2D eigenvalue weighted by molar-refractivity contribution is -0.142. The van der Waals surface area contributed by atoms with E-state index >= 15 is 0 Å². The highest BCUT2D eigenvalue weighted by Crippen LogP contribution is 2.39. The molecule has 0 saturated carbocycles. The second kappa shape index (κ2) is 10.4. The molecule has 33 heavy (non-hydrogen) atoms. The average Bonchev–Trinajstić information content (AvgIpc) is 3.36. The van der Waals surface area contributed by atoms with E-state index in [9.17, 15) is 19.2 Å². The van der Waals surface area contributed by atoms with E-state index in [0.29, 0.717) is 6.54 Å². The normalized spacial score (nSPS) is 23.5. The smallest absolute Gasteiger partial charge is 0.246 e. The van der Waals surface area contributed by atoms with E-state index < -0.39 is 18.0 Å². The number of amides is 2. The van der Waals surface area contributed by atoms with Crippen molar-refractivity contribution in [3.8, 4) is 0 Å². The molecule has 2 heterocycles. The van der Waals surface area contributed by atoms with E-state index in [1.165, 1.54) is 25.5 Å². The molecule has 3 rings (SSSR count). The van der Waals surface area contributed by atoms with Gasteiger partial charge in [-0.05, 0) is 37.0 Å². The summed E-state index contributed by atoms with van der Waals surface area (Å²) >= 11 is 0. The summed E-state index contributed by atoms with van der Waals surface area (Å²) in [7, 11) is 0. The number of hydrogen-bond acceptors (Lipinski definition) is 6. The first-order valence-electron chi connectivity index (χ1n) is 11.7. The molecule has 0 radical (unpaired) electrons. The van der Waals surface area contributed by atoms with Crippen molar-refractivity contribution in [1.82, 2.24) is 20.2 Å². The molecule has 1 unspecified atom stereocenters. The molecule has 1 aliphatic carbocycles. The van der Waals surface area contributed by atoms with Crippen LogP contribution >= 0.6 is 0 Å². The van der Waals surface area contributed by atoms with Gasteiger partial charge in [-0.25, -0.2) is 4.98 Å². The quantitative estimate of drug-likeness (QED) is 0.453. The summed E-state index contributed by atoms with van der Waals surface area (Å²) in [4.78, 5) is 61.5. The van der Waals surface area contributed by atoms with Crippen LogP contribution in [0.5, 0.6) is 0 Å². The number of nitrogens with zero attached hydrogens (tertiary/aromatic N) is 3. The fraction of sp³-hybridized carbons (Fsp3) is 0.600. The summed E-state index contributed by atoms with van der Waals surface area (Å²) in [6, 6.07) is -1.23. The molecule has 178 valence electrons. The second-order valence-electron chi connectivity index (χ2n) is 9.84. The van der Waals surface area contributed by atoms with Gasteiger partial charge in [-0.15, -0.1) is 0 Å². The minimum absolute atomic E-state index is 0.0179. The largest absolute Gasteiger partial charge is 0.344 e. The lowest BCUT2D eigenvalue weighted by atomic mass is 9.88. The molecule has 2 aliphatic rings. The lowest BCUT2D eigenvalue weighted by Crippen LogP contribution is -2.55. The molecule has 1 aromatic rings. The van der Waals surface area contributed by atoms with Crippen LogP contribution in [-0.2, 0) is 14.4 Å². The Morgan fingerprint density at radius 1 is 1.12 bits per heavy atom. The van der Waals surface area contributed by atoms with Gasteiger partial charge in [0.15, 0.2) is 11.6 Å². The SMILES string of the molecule is CC(=O)C1[C@H]2CC=C[C@H]2CN1C(=O)[C@@H](NC(=O)[C@@H](CC(=O)c1cnccn1)C(C)C)C(C)C. The molecule has 0 spiro atoms. The van der Waals surface area contributed by atoms with Gasteiger partial charge in [-0.3, -0.25) is 24.2 Å². The monoisotopic (exact) mass is 454 g/mol. The number of fused-ring (bicyclic) bond motifs is 1. The zero-order valence-electron chi connectivity index (χ0n) is 20.0. The summed E-state index contributed by atoms with van der Waals surface area (Å²) in [5.74, 6) is -1.47. The number of allylic oxidation sites excluding steroid dienone is 1. The van der Waals surface area contributed by atoms with Crippen molar-refractivity contribution >= 4 is 23.4 Å². The van der Waals surface area contributed by atoms with E-state index in [1.54, 1.807) is 4.90 Å². The Hall–Kier alpha value is -2.90. The number of carbonyl (C=O) groups excluding carboxylic acids is 4. The van der Waals surface area contributed by atoms with Crippen LogP contribution in [-0.4, -0.2) is 56.9 Å². The van der Waals surface area contributed by atoms with Gasteiger partial charge in [-0.2, -0.15) is 0 Å². The molecule has 5 atom stereocenters. The minimum Gasteiger partial charge on any atom is -0.344 e. The number of likely N-dealkylation sites (tertiary alicyclic amines) is 1. The summed E-state index contributed by atoms with van der Waals surface area (Å²) in [5.41, 5.74) is 0.216. The van der Waals surface area contributed by atoms with Crippen molar-refractivity contribution < 1.29 is 19.2 Å². The van der Waals surface area contributed by atoms with Gasteiger partial charge in [0.2, 0.25) is 11.8 Å². The maximum atomic E-state index is 13.6. The molecular formula is C25H34N4O4. The highest BCUT2D eigenvalue weighted by molar-refractivity contribution is 5.98. The number of nitrogens with one attached hydrogen (secondary N) is 1. The topological polar surface area (TPSA) is 109 Å². The van der Waals surface area contributed by atoms with Gasteiger partial charge < -0.3 is 10.2 Å². The van der Waals surface area contributed by atoms with E-state index in [2.05, 4.69) is 27.4 Å². The van der Waals surface area contributed by atoms with Crippen molar-refractivity contribution in [2.24, 2.45) is 29.6 Å². The maximum absolute atomic E-state index is 13.6. The van der Waals surface area contributed by atoms with E-state index in [0.717, 1.165) is 6.42 Å². The number of aromatic nitrogens is 2. The Labute approximate surface area is 195 Å². The van der Waals surface area contributed by atoms with Gasteiger partial charge in [-0.1, -0.05) is 39.8 Å². The zero-order chi connectivity index (χ0) is 24.3. The molecule has 8 nitrogen and oxygen atoms in total. The zero-order valence-corrected chi connectivity index (χ0v) is 20.0. The Morgan fingerprint density at radius 2 is 1.85 bits per heavy atom. The van der Waals surface area contributed by atoms with Gasteiger partial charge >= 0.3 is 0 Å². The molecular weight excluding hydrogens is 420 g/mol. The van der Waals surface area contributed by atoms with Crippen LogP contribution in [0.1, 0.15) is 57.9 Å². The van der Waals surface area contributed by atoms with Crippen LogP contribution < -0.4 is 5.32 Å². The third kappa shape index (κ3) is 5.37. The van der Waals surface area contributed by atoms with Crippen molar-refractivity contribution in [3.05, 3.63) is 36.4 Å². The first kappa shape index (κ1) is 24.7. The van der Waals surface area contributed by atoms with Gasteiger partial charge in [0, 0.05) is 31.3 Å². The van der Waals surface area contributed by atoms with Crippen molar-refractivity contribution in [3.63, 3.8) is 0 Å². The summed E-state index contributed by atoms with van der Waals surface area (Å²) in [5, 5.41) is 2.91. The second-order valence-corrected chi connectivity index (χ2v) is 9.84.